The fourth-order valence-corrected chi connectivity index (χ4v) is 4.14. The summed E-state index contributed by atoms with van der Waals surface area (Å²) < 4.78 is 7.25. The molecule has 1 fully saturated rings. The maximum atomic E-state index is 13.1. The van der Waals surface area contributed by atoms with E-state index in [1.807, 2.05) is 58.0 Å². The number of amides is 1. The summed E-state index contributed by atoms with van der Waals surface area (Å²) in [4.78, 5) is 31.1. The van der Waals surface area contributed by atoms with Crippen LogP contribution in [0.2, 0.25) is 0 Å². The van der Waals surface area contributed by atoms with E-state index in [0.29, 0.717) is 38.4 Å². The van der Waals surface area contributed by atoms with Crippen molar-refractivity contribution in [3.05, 3.63) is 78.2 Å². The number of carboxylic acid groups (broad SMARTS) is 1. The zero-order chi connectivity index (χ0) is 22.3. The van der Waals surface area contributed by atoms with Crippen LogP contribution in [-0.4, -0.2) is 57.7 Å². The molecule has 166 valence electrons. The van der Waals surface area contributed by atoms with Crippen molar-refractivity contribution < 1.29 is 19.4 Å². The SMILES string of the molecule is O=C(O)c1ncn([C@H](CCc2ccccc2)CC(=O)N2CCOCC2)c1-c1ccccc1. The van der Waals surface area contributed by atoms with Crippen LogP contribution in [0, 0.1) is 0 Å². The second-order valence-electron chi connectivity index (χ2n) is 7.90. The summed E-state index contributed by atoms with van der Waals surface area (Å²) in [6, 6.07) is 19.3. The number of benzene rings is 2. The highest BCUT2D eigenvalue weighted by Gasteiger charge is 2.27. The van der Waals surface area contributed by atoms with Gasteiger partial charge >= 0.3 is 5.97 Å². The molecule has 1 aliphatic heterocycles. The summed E-state index contributed by atoms with van der Waals surface area (Å²) in [5, 5.41) is 9.75. The molecule has 4 rings (SSSR count). The number of ether oxygens (including phenoxy) is 1. The normalized spacial score (nSPS) is 14.8. The largest absolute Gasteiger partial charge is 0.476 e. The molecular formula is C25H27N3O4. The van der Waals surface area contributed by atoms with Crippen molar-refractivity contribution in [1.29, 1.82) is 0 Å². The molecule has 2 aromatic carbocycles. The van der Waals surface area contributed by atoms with Crippen molar-refractivity contribution in [3.8, 4) is 11.3 Å². The van der Waals surface area contributed by atoms with Gasteiger partial charge in [-0.15, -0.1) is 0 Å². The molecule has 0 aliphatic carbocycles. The molecule has 0 radical (unpaired) electrons. The Bertz CT molecular complexity index is 1040. The van der Waals surface area contributed by atoms with E-state index in [1.165, 1.54) is 5.56 Å². The number of aromatic nitrogens is 2. The van der Waals surface area contributed by atoms with Crippen molar-refractivity contribution in [1.82, 2.24) is 14.5 Å². The summed E-state index contributed by atoms with van der Waals surface area (Å²) in [5.41, 5.74) is 2.48. The van der Waals surface area contributed by atoms with Crippen LogP contribution in [0.5, 0.6) is 0 Å². The van der Waals surface area contributed by atoms with Gasteiger partial charge in [-0.05, 0) is 18.4 Å². The molecule has 7 nitrogen and oxygen atoms in total. The quantitative estimate of drug-likeness (QED) is 0.586. The van der Waals surface area contributed by atoms with Crippen LogP contribution in [-0.2, 0) is 16.0 Å². The Morgan fingerprint density at radius 2 is 1.66 bits per heavy atom. The first kappa shape index (κ1) is 21.8. The predicted octanol–water partition coefficient (Wildman–Crippen LogP) is 3.67. The highest BCUT2D eigenvalue weighted by atomic mass is 16.5. The fourth-order valence-electron chi connectivity index (χ4n) is 4.14. The van der Waals surface area contributed by atoms with Gasteiger partial charge in [0.1, 0.15) is 0 Å². The maximum Gasteiger partial charge on any atom is 0.356 e. The summed E-state index contributed by atoms with van der Waals surface area (Å²) in [7, 11) is 0. The van der Waals surface area contributed by atoms with Gasteiger partial charge in [-0.1, -0.05) is 60.7 Å². The molecular weight excluding hydrogens is 406 g/mol. The molecule has 32 heavy (non-hydrogen) atoms. The minimum Gasteiger partial charge on any atom is -0.476 e. The Labute approximate surface area is 187 Å². The van der Waals surface area contributed by atoms with Gasteiger partial charge in [0.25, 0.3) is 0 Å². The van der Waals surface area contributed by atoms with Gasteiger partial charge in [0.2, 0.25) is 5.91 Å². The molecule has 3 aromatic rings. The van der Waals surface area contributed by atoms with Crippen molar-refractivity contribution in [2.45, 2.75) is 25.3 Å². The van der Waals surface area contributed by atoms with E-state index >= 15 is 0 Å². The Hall–Kier alpha value is -3.45. The van der Waals surface area contributed by atoms with Crippen LogP contribution in [0.4, 0.5) is 0 Å². The van der Waals surface area contributed by atoms with Gasteiger partial charge in [-0.3, -0.25) is 4.79 Å². The molecule has 0 bridgehead atoms. The zero-order valence-corrected chi connectivity index (χ0v) is 17.9. The Balaban J connectivity index is 1.67. The third-order valence-electron chi connectivity index (χ3n) is 5.82. The molecule has 7 heteroatoms. The number of morpholine rings is 1. The number of nitrogens with zero attached hydrogens (tertiary/aromatic N) is 3. The minimum absolute atomic E-state index is 0.000248. The number of rotatable bonds is 8. The first-order chi connectivity index (χ1) is 15.6. The molecule has 1 aromatic heterocycles. The summed E-state index contributed by atoms with van der Waals surface area (Å²) >= 11 is 0. The van der Waals surface area contributed by atoms with Crippen molar-refractivity contribution >= 4 is 11.9 Å². The van der Waals surface area contributed by atoms with E-state index in [4.69, 9.17) is 4.74 Å². The fraction of sp³-hybridized carbons (Fsp3) is 0.320. The smallest absolute Gasteiger partial charge is 0.356 e. The maximum absolute atomic E-state index is 13.1. The summed E-state index contributed by atoms with van der Waals surface area (Å²) in [6.45, 7) is 2.26. The lowest BCUT2D eigenvalue weighted by atomic mass is 10.0. The monoisotopic (exact) mass is 433 g/mol. The molecule has 1 amide bonds. The number of aromatic carboxylic acids is 1. The van der Waals surface area contributed by atoms with Crippen LogP contribution in [0.1, 0.15) is 34.9 Å². The van der Waals surface area contributed by atoms with Crippen LogP contribution in [0.25, 0.3) is 11.3 Å². The van der Waals surface area contributed by atoms with Gasteiger partial charge in [0.05, 0.1) is 25.2 Å². The number of imidazole rings is 1. The lowest BCUT2D eigenvalue weighted by molar-refractivity contribution is -0.136. The molecule has 0 saturated carbocycles. The Morgan fingerprint density at radius 1 is 1.00 bits per heavy atom. The third-order valence-corrected chi connectivity index (χ3v) is 5.82. The highest BCUT2D eigenvalue weighted by Crippen LogP contribution is 2.30. The second-order valence-corrected chi connectivity index (χ2v) is 7.90. The number of aryl methyl sites for hydroxylation is 1. The first-order valence-electron chi connectivity index (χ1n) is 10.9. The topological polar surface area (TPSA) is 84.7 Å². The van der Waals surface area contributed by atoms with Gasteiger partial charge in [0.15, 0.2) is 5.69 Å². The van der Waals surface area contributed by atoms with Crippen molar-refractivity contribution in [3.63, 3.8) is 0 Å². The highest BCUT2D eigenvalue weighted by molar-refractivity contribution is 5.93. The average molecular weight is 434 g/mol. The van der Waals surface area contributed by atoms with E-state index in [-0.39, 0.29) is 24.1 Å². The zero-order valence-electron chi connectivity index (χ0n) is 17.9. The Kier molecular flexibility index (Phi) is 6.97. The number of hydrogen-bond donors (Lipinski definition) is 1. The van der Waals surface area contributed by atoms with Crippen LogP contribution in [0.3, 0.4) is 0 Å². The van der Waals surface area contributed by atoms with E-state index in [0.717, 1.165) is 12.0 Å². The predicted molar refractivity (Wildman–Crippen MR) is 120 cm³/mol. The first-order valence-corrected chi connectivity index (χ1v) is 10.9. The summed E-state index contributed by atoms with van der Waals surface area (Å²) in [5.74, 6) is -1.03. The van der Waals surface area contributed by atoms with E-state index in [9.17, 15) is 14.7 Å². The van der Waals surface area contributed by atoms with Crippen molar-refractivity contribution in [2.75, 3.05) is 26.3 Å². The molecule has 1 atom stereocenters. The van der Waals surface area contributed by atoms with Crippen LogP contribution in [0.15, 0.2) is 67.0 Å². The lowest BCUT2D eigenvalue weighted by Gasteiger charge is -2.29. The summed E-state index contributed by atoms with van der Waals surface area (Å²) in [6.07, 6.45) is 3.31. The van der Waals surface area contributed by atoms with Crippen LogP contribution >= 0.6 is 0 Å². The minimum atomic E-state index is -1.08. The number of carboxylic acids is 1. The standard InChI is InChI=1S/C25H27N3O4/c29-22(27-13-15-32-16-14-27)17-21(12-11-19-7-3-1-4-8-19)28-18-26-23(25(30)31)24(28)20-9-5-2-6-10-20/h1-10,18,21H,11-17H2,(H,30,31)/t21-/m1/s1. The van der Waals surface area contributed by atoms with Gasteiger partial charge in [-0.25, -0.2) is 9.78 Å². The number of carbonyl (C=O) groups is 2. The van der Waals surface area contributed by atoms with Gasteiger partial charge < -0.3 is 19.3 Å². The van der Waals surface area contributed by atoms with Crippen molar-refractivity contribution in [2.24, 2.45) is 0 Å². The number of carbonyl (C=O) groups excluding carboxylic acids is 1. The van der Waals surface area contributed by atoms with Gasteiger partial charge in [0, 0.05) is 31.1 Å². The lowest BCUT2D eigenvalue weighted by Crippen LogP contribution is -2.41. The van der Waals surface area contributed by atoms with E-state index in [2.05, 4.69) is 17.1 Å². The molecule has 1 saturated heterocycles. The molecule has 1 aliphatic rings. The molecule has 1 N–H and O–H groups in total. The Morgan fingerprint density at radius 3 is 2.31 bits per heavy atom. The van der Waals surface area contributed by atoms with E-state index < -0.39 is 5.97 Å². The van der Waals surface area contributed by atoms with E-state index in [1.54, 1.807) is 6.33 Å². The molecule has 0 spiro atoms. The van der Waals surface area contributed by atoms with Gasteiger partial charge in [-0.2, -0.15) is 0 Å². The number of hydrogen-bond acceptors (Lipinski definition) is 4. The third kappa shape index (κ3) is 5.06. The molecule has 2 heterocycles. The van der Waals surface area contributed by atoms with Crippen LogP contribution < -0.4 is 0 Å². The average Bonchev–Trinajstić information content (AvgIpc) is 3.29. The second kappa shape index (κ2) is 10.2. The molecule has 0 unspecified atom stereocenters.